The number of hydrogen-bond acceptors (Lipinski definition) is 7. The maximum Gasteiger partial charge on any atom is 0.626 e. The molecular formula is C15H17BClNO6. The van der Waals surface area contributed by atoms with Crippen molar-refractivity contribution in [3.8, 4) is 5.75 Å². The van der Waals surface area contributed by atoms with Gasteiger partial charge in [-0.1, -0.05) is 0 Å². The van der Waals surface area contributed by atoms with Gasteiger partial charge in [0.2, 0.25) is 0 Å². The number of hydrogen-bond donors (Lipinski definition) is 0. The lowest BCUT2D eigenvalue weighted by molar-refractivity contribution is -0.145. The van der Waals surface area contributed by atoms with Gasteiger partial charge >= 0.3 is 19.1 Å². The molecule has 1 heterocycles. The summed E-state index contributed by atoms with van der Waals surface area (Å²) in [5, 5.41) is -1.33. The molecule has 0 radical (unpaired) electrons. The molecule has 0 N–H and O–H groups in total. The zero-order valence-electron chi connectivity index (χ0n) is 13.4. The third-order valence-electron chi connectivity index (χ3n) is 3.23. The number of rotatable bonds is 5. The molecule has 0 spiro atoms. The molecule has 1 aliphatic rings. The van der Waals surface area contributed by atoms with Gasteiger partial charge in [-0.15, -0.1) is 11.6 Å². The van der Waals surface area contributed by atoms with Gasteiger partial charge in [-0.2, -0.15) is 0 Å². The maximum absolute atomic E-state index is 12.4. The Morgan fingerprint density at radius 2 is 1.79 bits per heavy atom. The topological polar surface area (TPSA) is 82.1 Å². The third kappa shape index (κ3) is 4.72. The van der Waals surface area contributed by atoms with Crippen LogP contribution in [0.3, 0.4) is 0 Å². The molecule has 0 unspecified atom stereocenters. The molecule has 0 aromatic heterocycles. The van der Waals surface area contributed by atoms with E-state index in [0.717, 1.165) is 0 Å². The number of nitrogens with zero attached hydrogens (tertiary/aromatic N) is 1. The molecule has 1 aromatic rings. The van der Waals surface area contributed by atoms with Crippen LogP contribution in [0.2, 0.25) is 0 Å². The van der Waals surface area contributed by atoms with Gasteiger partial charge in [0.05, 0.1) is 19.7 Å². The fourth-order valence-electron chi connectivity index (χ4n) is 2.14. The Labute approximate surface area is 144 Å². The monoisotopic (exact) mass is 353 g/mol. The predicted octanol–water partition coefficient (Wildman–Crippen LogP) is 0.935. The molecule has 1 saturated heterocycles. The Hall–Kier alpha value is -2.06. The largest absolute Gasteiger partial charge is 0.626 e. The minimum Gasteiger partial charge on any atom is -0.497 e. The summed E-state index contributed by atoms with van der Waals surface area (Å²) in [5.74, 6) is -1.15. The molecule has 128 valence electrons. The Morgan fingerprint density at radius 3 is 2.29 bits per heavy atom. The van der Waals surface area contributed by atoms with Crippen LogP contribution in [-0.4, -0.2) is 61.8 Å². The second-order valence-electron chi connectivity index (χ2n) is 5.24. The van der Waals surface area contributed by atoms with Gasteiger partial charge < -0.3 is 14.0 Å². The van der Waals surface area contributed by atoms with Gasteiger partial charge in [-0.25, -0.2) is 0 Å². The van der Waals surface area contributed by atoms with E-state index in [-0.39, 0.29) is 13.1 Å². The molecule has 0 aliphatic carbocycles. The zero-order valence-corrected chi connectivity index (χ0v) is 14.1. The van der Waals surface area contributed by atoms with Crippen molar-refractivity contribution in [3.05, 3.63) is 29.8 Å². The number of alkyl halides is 1. The average molecular weight is 354 g/mol. The molecule has 9 heteroatoms. The number of likely N-dealkylation sites (N-methyl/N-ethyl adjacent to an activating group) is 1. The zero-order chi connectivity index (χ0) is 17.7. The third-order valence-corrected chi connectivity index (χ3v) is 3.64. The van der Waals surface area contributed by atoms with Crippen molar-refractivity contribution in [2.24, 2.45) is 0 Å². The number of ether oxygens (including phenoxy) is 1. The molecule has 0 bridgehead atoms. The first-order chi connectivity index (χ1) is 11.4. The smallest absolute Gasteiger partial charge is 0.497 e. The van der Waals surface area contributed by atoms with E-state index in [1.165, 1.54) is 4.90 Å². The van der Waals surface area contributed by atoms with Gasteiger partial charge in [-0.05, 0) is 38.2 Å². The lowest BCUT2D eigenvalue weighted by Crippen LogP contribution is -2.48. The Kier molecular flexibility index (Phi) is 6.22. The molecule has 1 fully saturated rings. The van der Waals surface area contributed by atoms with Crippen LogP contribution in [-0.2, 0) is 18.9 Å². The number of carbonyl (C=O) groups is 3. The highest BCUT2D eigenvalue weighted by Gasteiger charge is 2.43. The Morgan fingerprint density at radius 1 is 1.25 bits per heavy atom. The maximum atomic E-state index is 12.4. The molecule has 1 atom stereocenters. The van der Waals surface area contributed by atoms with E-state index in [4.69, 9.17) is 25.6 Å². The normalized spacial score (nSPS) is 17.4. The predicted molar refractivity (Wildman–Crippen MR) is 87.0 cm³/mol. The van der Waals surface area contributed by atoms with E-state index in [9.17, 15) is 14.4 Å². The first-order valence-corrected chi connectivity index (χ1v) is 7.83. The second-order valence-corrected chi connectivity index (χ2v) is 5.71. The SMILES string of the molecule is CCOc1ccc(C(=O)[C@H](Cl)B2OC(=O)CN(C)CC(=O)O2)cc1. The fraction of sp³-hybridized carbons (Fsp3) is 0.400. The Bertz CT molecular complexity index is 603. The number of benzene rings is 1. The standard InChI is InChI=1S/C15H17BClNO6/c1-3-22-11-6-4-10(5-7-11)14(21)15(17)16-23-12(19)8-18(2)9-13(20)24-16/h4-7,15H,3,8-9H2,1-2H3/t15-/m0/s1. The van der Waals surface area contributed by atoms with Crippen molar-refractivity contribution in [3.63, 3.8) is 0 Å². The van der Waals surface area contributed by atoms with E-state index < -0.39 is 30.1 Å². The van der Waals surface area contributed by atoms with Crippen LogP contribution in [0.1, 0.15) is 17.3 Å². The summed E-state index contributed by atoms with van der Waals surface area (Å²) in [6.07, 6.45) is 0. The van der Waals surface area contributed by atoms with Crippen LogP contribution in [0.4, 0.5) is 0 Å². The van der Waals surface area contributed by atoms with Crippen LogP contribution in [0.5, 0.6) is 5.75 Å². The van der Waals surface area contributed by atoms with Gasteiger partial charge in [-0.3, -0.25) is 19.3 Å². The molecule has 24 heavy (non-hydrogen) atoms. The lowest BCUT2D eigenvalue weighted by Gasteiger charge is -2.24. The fourth-order valence-corrected chi connectivity index (χ4v) is 2.37. The summed E-state index contributed by atoms with van der Waals surface area (Å²) in [6.45, 7) is 2.18. The van der Waals surface area contributed by atoms with Crippen LogP contribution < -0.4 is 4.74 Å². The summed E-state index contributed by atoms with van der Waals surface area (Å²) in [5.41, 5.74) is 0.296. The van der Waals surface area contributed by atoms with Crippen molar-refractivity contribution in [1.29, 1.82) is 0 Å². The number of Topliss-reactive ketones (excluding diaryl/α,β-unsaturated/α-hetero) is 1. The van der Waals surface area contributed by atoms with Crippen molar-refractivity contribution < 1.29 is 28.4 Å². The highest BCUT2D eigenvalue weighted by atomic mass is 35.5. The average Bonchev–Trinajstić information content (AvgIpc) is 2.52. The van der Waals surface area contributed by atoms with Gasteiger partial charge in [0.15, 0.2) is 11.1 Å². The van der Waals surface area contributed by atoms with E-state index in [1.54, 1.807) is 31.3 Å². The van der Waals surface area contributed by atoms with Crippen molar-refractivity contribution in [2.75, 3.05) is 26.7 Å². The van der Waals surface area contributed by atoms with Crippen LogP contribution in [0.15, 0.2) is 24.3 Å². The van der Waals surface area contributed by atoms with Crippen LogP contribution in [0.25, 0.3) is 0 Å². The van der Waals surface area contributed by atoms with E-state index in [2.05, 4.69) is 0 Å². The Balaban J connectivity index is 2.10. The minimum atomic E-state index is -1.46. The van der Waals surface area contributed by atoms with Crippen LogP contribution in [0, 0.1) is 0 Å². The summed E-state index contributed by atoms with van der Waals surface area (Å²) in [4.78, 5) is 37.3. The van der Waals surface area contributed by atoms with E-state index in [0.29, 0.717) is 17.9 Å². The molecule has 0 amide bonds. The number of halogens is 1. The molecule has 1 aromatic carbocycles. The van der Waals surface area contributed by atoms with Gasteiger partial charge in [0, 0.05) is 5.56 Å². The molecule has 1 aliphatic heterocycles. The molecule has 7 nitrogen and oxygen atoms in total. The summed E-state index contributed by atoms with van der Waals surface area (Å²) in [6, 6.07) is 6.35. The van der Waals surface area contributed by atoms with Gasteiger partial charge in [0.1, 0.15) is 5.75 Å². The van der Waals surface area contributed by atoms with Crippen molar-refractivity contribution >= 4 is 36.4 Å². The highest BCUT2D eigenvalue weighted by Crippen LogP contribution is 2.18. The summed E-state index contributed by atoms with van der Waals surface area (Å²) < 4.78 is 15.3. The molecule has 2 rings (SSSR count). The number of ketones is 1. The summed E-state index contributed by atoms with van der Waals surface area (Å²) >= 11 is 6.09. The molecule has 0 saturated carbocycles. The molecular weight excluding hydrogens is 336 g/mol. The lowest BCUT2D eigenvalue weighted by atomic mass is 9.79. The van der Waals surface area contributed by atoms with E-state index >= 15 is 0 Å². The number of carbonyl (C=O) groups excluding carboxylic acids is 3. The summed E-state index contributed by atoms with van der Waals surface area (Å²) in [7, 11) is 0.117. The van der Waals surface area contributed by atoms with Crippen molar-refractivity contribution in [1.82, 2.24) is 4.90 Å². The quantitative estimate of drug-likeness (QED) is 0.442. The second kappa shape index (κ2) is 8.16. The minimum absolute atomic E-state index is 0.0908. The highest BCUT2D eigenvalue weighted by molar-refractivity contribution is 6.69. The first-order valence-electron chi connectivity index (χ1n) is 7.39. The van der Waals surface area contributed by atoms with Crippen LogP contribution >= 0.6 is 11.6 Å². The van der Waals surface area contributed by atoms with E-state index in [1.807, 2.05) is 6.92 Å². The van der Waals surface area contributed by atoms with Gasteiger partial charge in [0.25, 0.3) is 0 Å². The van der Waals surface area contributed by atoms with Crippen molar-refractivity contribution in [2.45, 2.75) is 12.2 Å². The first kappa shape index (κ1) is 18.3.